The van der Waals surface area contributed by atoms with Crippen LogP contribution < -0.4 is 4.74 Å². The number of hydrogen-bond donors (Lipinski definition) is 0. The Morgan fingerprint density at radius 2 is 1.79 bits per heavy atom. The number of sulfonamides is 1. The minimum Gasteiger partial charge on any atom is -0.497 e. The van der Waals surface area contributed by atoms with Crippen molar-refractivity contribution in [1.29, 1.82) is 0 Å². The summed E-state index contributed by atoms with van der Waals surface area (Å²) in [6.45, 7) is 3.19. The van der Waals surface area contributed by atoms with Gasteiger partial charge in [0.25, 0.3) is 0 Å². The van der Waals surface area contributed by atoms with Crippen LogP contribution in [0.5, 0.6) is 5.75 Å². The van der Waals surface area contributed by atoms with Gasteiger partial charge in [-0.3, -0.25) is 4.79 Å². The minimum atomic E-state index is -3.39. The number of carbonyl (C=O) groups excluding carboxylic acids is 1. The highest BCUT2D eigenvalue weighted by Gasteiger charge is 2.19. The van der Waals surface area contributed by atoms with Crippen LogP contribution in [-0.4, -0.2) is 57.0 Å². The molecule has 1 amide bonds. The molecule has 0 N–H and O–H groups in total. The summed E-state index contributed by atoms with van der Waals surface area (Å²) in [5.41, 5.74) is 0.855. The first-order valence-corrected chi connectivity index (χ1v) is 9.94. The zero-order chi connectivity index (χ0) is 18.2. The van der Waals surface area contributed by atoms with E-state index in [1.807, 2.05) is 12.1 Å². The summed E-state index contributed by atoms with van der Waals surface area (Å²) in [7, 11) is -0.0477. The van der Waals surface area contributed by atoms with Crippen molar-refractivity contribution >= 4 is 15.9 Å². The summed E-state index contributed by atoms with van der Waals surface area (Å²) in [4.78, 5) is 13.8. The molecule has 0 aliphatic carbocycles. The summed E-state index contributed by atoms with van der Waals surface area (Å²) < 4.78 is 30.4. The summed E-state index contributed by atoms with van der Waals surface area (Å²) in [5, 5.41) is 0. The van der Waals surface area contributed by atoms with E-state index in [0.717, 1.165) is 24.2 Å². The van der Waals surface area contributed by atoms with Crippen LogP contribution in [0.1, 0.15) is 31.7 Å². The standard InChI is InChI=1S/C17H28N2O4S/c1-5-6-12-18(2)17(20)11-13-19(24(4,21)22)14-15-7-9-16(23-3)10-8-15/h7-10H,5-6,11-14H2,1-4H3. The molecule has 0 radical (unpaired) electrons. The number of carbonyl (C=O) groups is 1. The Balaban J connectivity index is 2.67. The quantitative estimate of drug-likeness (QED) is 0.644. The van der Waals surface area contributed by atoms with Crippen LogP contribution in [0.2, 0.25) is 0 Å². The molecule has 0 fully saturated rings. The van der Waals surface area contributed by atoms with Gasteiger partial charge in [0, 0.05) is 33.1 Å². The largest absolute Gasteiger partial charge is 0.497 e. The average Bonchev–Trinajstić information content (AvgIpc) is 2.55. The SMILES string of the molecule is CCCCN(C)C(=O)CCN(Cc1ccc(OC)cc1)S(C)(=O)=O. The van der Waals surface area contributed by atoms with Gasteiger partial charge in [0.2, 0.25) is 15.9 Å². The normalized spacial score (nSPS) is 11.5. The van der Waals surface area contributed by atoms with Crippen LogP contribution >= 0.6 is 0 Å². The van der Waals surface area contributed by atoms with E-state index >= 15 is 0 Å². The lowest BCUT2D eigenvalue weighted by molar-refractivity contribution is -0.130. The highest BCUT2D eigenvalue weighted by atomic mass is 32.2. The van der Waals surface area contributed by atoms with Crippen molar-refractivity contribution < 1.29 is 17.9 Å². The van der Waals surface area contributed by atoms with Crippen LogP contribution in [0.3, 0.4) is 0 Å². The number of ether oxygens (including phenoxy) is 1. The number of rotatable bonds is 10. The van der Waals surface area contributed by atoms with Crippen molar-refractivity contribution in [2.75, 3.05) is 33.5 Å². The van der Waals surface area contributed by atoms with Crippen molar-refractivity contribution in [3.8, 4) is 5.75 Å². The van der Waals surface area contributed by atoms with Gasteiger partial charge in [-0.1, -0.05) is 25.5 Å². The Kier molecular flexibility index (Phi) is 8.21. The molecule has 24 heavy (non-hydrogen) atoms. The molecule has 0 aromatic heterocycles. The molecule has 0 aliphatic rings. The summed E-state index contributed by atoms with van der Waals surface area (Å²) >= 11 is 0. The molecule has 6 nitrogen and oxygen atoms in total. The zero-order valence-electron chi connectivity index (χ0n) is 15.0. The topological polar surface area (TPSA) is 66.9 Å². The van der Waals surface area contributed by atoms with Crippen molar-refractivity contribution in [1.82, 2.24) is 9.21 Å². The van der Waals surface area contributed by atoms with Gasteiger partial charge in [-0.25, -0.2) is 8.42 Å². The number of methoxy groups -OCH3 is 1. The molecule has 0 unspecified atom stereocenters. The van der Waals surface area contributed by atoms with Crippen molar-refractivity contribution in [3.63, 3.8) is 0 Å². The zero-order valence-corrected chi connectivity index (χ0v) is 15.8. The van der Waals surface area contributed by atoms with Crippen LogP contribution in [-0.2, 0) is 21.4 Å². The molecule has 0 bridgehead atoms. The highest BCUT2D eigenvalue weighted by Crippen LogP contribution is 2.15. The number of hydrogen-bond acceptors (Lipinski definition) is 4. The maximum absolute atomic E-state index is 12.1. The Hall–Kier alpha value is -1.60. The molecule has 1 aromatic rings. The van der Waals surface area contributed by atoms with E-state index in [9.17, 15) is 13.2 Å². The Bertz CT molecular complexity index is 614. The number of unbranched alkanes of at least 4 members (excludes halogenated alkanes) is 1. The van der Waals surface area contributed by atoms with Gasteiger partial charge in [-0.15, -0.1) is 0 Å². The first kappa shape index (κ1) is 20.4. The minimum absolute atomic E-state index is 0.0353. The van der Waals surface area contributed by atoms with E-state index in [0.29, 0.717) is 6.54 Å². The first-order valence-electron chi connectivity index (χ1n) is 8.10. The Morgan fingerprint density at radius 1 is 1.17 bits per heavy atom. The summed E-state index contributed by atoms with van der Waals surface area (Å²) in [6, 6.07) is 7.23. The smallest absolute Gasteiger partial charge is 0.223 e. The molecule has 0 heterocycles. The second-order valence-electron chi connectivity index (χ2n) is 5.86. The predicted molar refractivity (Wildman–Crippen MR) is 95.4 cm³/mol. The van der Waals surface area contributed by atoms with Crippen molar-refractivity contribution in [2.45, 2.75) is 32.7 Å². The fourth-order valence-corrected chi connectivity index (χ4v) is 3.03. The summed E-state index contributed by atoms with van der Waals surface area (Å²) in [6.07, 6.45) is 3.32. The molecule has 0 atom stereocenters. The molecular formula is C17H28N2O4S. The van der Waals surface area contributed by atoms with Crippen molar-refractivity contribution in [2.24, 2.45) is 0 Å². The average molecular weight is 356 g/mol. The van der Waals surface area contributed by atoms with Crippen molar-refractivity contribution in [3.05, 3.63) is 29.8 Å². The molecule has 0 spiro atoms. The molecule has 136 valence electrons. The van der Waals surface area contributed by atoms with Gasteiger partial charge in [0.1, 0.15) is 5.75 Å². The highest BCUT2D eigenvalue weighted by molar-refractivity contribution is 7.88. The van der Waals surface area contributed by atoms with Crippen LogP contribution in [0.15, 0.2) is 24.3 Å². The van der Waals surface area contributed by atoms with Gasteiger partial charge in [0.15, 0.2) is 0 Å². The van der Waals surface area contributed by atoms with E-state index in [1.54, 1.807) is 31.2 Å². The lowest BCUT2D eigenvalue weighted by Gasteiger charge is -2.22. The molecule has 0 saturated carbocycles. The molecule has 1 rings (SSSR count). The lowest BCUT2D eigenvalue weighted by atomic mass is 10.2. The van der Waals surface area contributed by atoms with E-state index < -0.39 is 10.0 Å². The fraction of sp³-hybridized carbons (Fsp3) is 0.588. The first-order chi connectivity index (χ1) is 11.3. The van der Waals surface area contributed by atoms with E-state index in [4.69, 9.17) is 4.74 Å². The molecule has 0 saturated heterocycles. The van der Waals surface area contributed by atoms with Crippen LogP contribution in [0, 0.1) is 0 Å². The number of benzene rings is 1. The Labute approximate surface area is 145 Å². The molecule has 0 aliphatic heterocycles. The van der Waals surface area contributed by atoms with Gasteiger partial charge in [0.05, 0.1) is 13.4 Å². The maximum atomic E-state index is 12.1. The van der Waals surface area contributed by atoms with Gasteiger partial charge in [-0.2, -0.15) is 4.31 Å². The van der Waals surface area contributed by atoms with Crippen LogP contribution in [0.25, 0.3) is 0 Å². The molecular weight excluding hydrogens is 328 g/mol. The molecule has 7 heteroatoms. The molecule has 1 aromatic carbocycles. The predicted octanol–water partition coefficient (Wildman–Crippen LogP) is 2.11. The second kappa shape index (κ2) is 9.64. The van der Waals surface area contributed by atoms with E-state index in [1.165, 1.54) is 10.6 Å². The van der Waals surface area contributed by atoms with Gasteiger partial charge < -0.3 is 9.64 Å². The maximum Gasteiger partial charge on any atom is 0.223 e. The monoisotopic (exact) mass is 356 g/mol. The van der Waals surface area contributed by atoms with Crippen LogP contribution in [0.4, 0.5) is 0 Å². The third-order valence-electron chi connectivity index (χ3n) is 3.83. The fourth-order valence-electron chi connectivity index (χ4n) is 2.23. The number of amides is 1. The third-order valence-corrected chi connectivity index (χ3v) is 5.08. The lowest BCUT2D eigenvalue weighted by Crippen LogP contribution is -2.35. The van der Waals surface area contributed by atoms with E-state index in [-0.39, 0.29) is 25.4 Å². The Morgan fingerprint density at radius 3 is 2.29 bits per heavy atom. The third kappa shape index (κ3) is 6.88. The second-order valence-corrected chi connectivity index (χ2v) is 7.85. The van der Waals surface area contributed by atoms with Gasteiger partial charge >= 0.3 is 0 Å². The summed E-state index contributed by atoms with van der Waals surface area (Å²) in [5.74, 6) is 0.684. The van der Waals surface area contributed by atoms with E-state index in [2.05, 4.69) is 6.92 Å². The number of nitrogens with zero attached hydrogens (tertiary/aromatic N) is 2. The van der Waals surface area contributed by atoms with Gasteiger partial charge in [-0.05, 0) is 24.1 Å².